The fourth-order valence-electron chi connectivity index (χ4n) is 3.47. The van der Waals surface area contributed by atoms with Crippen molar-refractivity contribution in [1.82, 2.24) is 0 Å². The van der Waals surface area contributed by atoms with Crippen LogP contribution in [0, 0.1) is 12.8 Å². The maximum Gasteiger partial charge on any atom is -0.0159 e. The van der Waals surface area contributed by atoms with Crippen LogP contribution in [0.25, 0.3) is 0 Å². The SMILES string of the molecule is CC.CCCCCC(CC)CC(CCCCC)c1ccc(C)cc1. The molecule has 1 aromatic rings. The minimum absolute atomic E-state index is 0.777. The largest absolute Gasteiger partial charge is 0.0683 e. The molecule has 0 spiro atoms. The summed E-state index contributed by atoms with van der Waals surface area (Å²) in [5.74, 6) is 1.69. The van der Waals surface area contributed by atoms with E-state index in [1.165, 1.54) is 69.8 Å². The Morgan fingerprint density at radius 3 is 1.79 bits per heavy atom. The van der Waals surface area contributed by atoms with Crippen molar-refractivity contribution in [2.24, 2.45) is 5.92 Å². The number of hydrogen-bond acceptors (Lipinski definition) is 0. The highest BCUT2D eigenvalue weighted by molar-refractivity contribution is 5.24. The van der Waals surface area contributed by atoms with E-state index in [1.54, 1.807) is 5.56 Å². The summed E-state index contributed by atoms with van der Waals surface area (Å²) in [6, 6.07) is 9.34. The zero-order chi connectivity index (χ0) is 18.2. The van der Waals surface area contributed by atoms with E-state index in [9.17, 15) is 0 Å². The van der Waals surface area contributed by atoms with Crippen LogP contribution in [0.5, 0.6) is 0 Å². The molecule has 0 nitrogen and oxygen atoms in total. The van der Waals surface area contributed by atoms with Gasteiger partial charge in [-0.1, -0.05) is 116 Å². The molecule has 0 aliphatic heterocycles. The van der Waals surface area contributed by atoms with Crippen LogP contribution in [0.2, 0.25) is 0 Å². The number of rotatable bonds is 12. The molecular formula is C24H44. The van der Waals surface area contributed by atoms with Crippen LogP contribution in [0.3, 0.4) is 0 Å². The monoisotopic (exact) mass is 332 g/mol. The van der Waals surface area contributed by atoms with Gasteiger partial charge in [-0.2, -0.15) is 0 Å². The van der Waals surface area contributed by atoms with Crippen LogP contribution in [-0.4, -0.2) is 0 Å². The Morgan fingerprint density at radius 2 is 1.29 bits per heavy atom. The van der Waals surface area contributed by atoms with Gasteiger partial charge in [0.2, 0.25) is 0 Å². The van der Waals surface area contributed by atoms with Crippen LogP contribution in [0.4, 0.5) is 0 Å². The molecule has 24 heavy (non-hydrogen) atoms. The van der Waals surface area contributed by atoms with E-state index in [1.807, 2.05) is 13.8 Å². The summed E-state index contributed by atoms with van der Waals surface area (Å²) in [6.45, 7) is 13.2. The molecule has 0 N–H and O–H groups in total. The Morgan fingerprint density at radius 1 is 0.750 bits per heavy atom. The molecule has 0 fully saturated rings. The molecule has 0 aromatic heterocycles. The second kappa shape index (κ2) is 15.7. The quantitative estimate of drug-likeness (QED) is 0.336. The Balaban J connectivity index is 0.00000254. The Kier molecular flexibility index (Phi) is 15.2. The zero-order valence-electron chi connectivity index (χ0n) is 17.5. The second-order valence-electron chi connectivity index (χ2n) is 7.11. The maximum atomic E-state index is 2.38. The van der Waals surface area contributed by atoms with Crippen molar-refractivity contribution in [2.75, 3.05) is 0 Å². The van der Waals surface area contributed by atoms with Gasteiger partial charge in [0.1, 0.15) is 0 Å². The van der Waals surface area contributed by atoms with Crippen LogP contribution < -0.4 is 0 Å². The molecule has 0 amide bonds. The molecule has 1 rings (SSSR count). The van der Waals surface area contributed by atoms with Gasteiger partial charge in [0.05, 0.1) is 0 Å². The van der Waals surface area contributed by atoms with Crippen LogP contribution in [0.15, 0.2) is 24.3 Å². The van der Waals surface area contributed by atoms with Crippen LogP contribution >= 0.6 is 0 Å². The van der Waals surface area contributed by atoms with Gasteiger partial charge < -0.3 is 0 Å². The first-order chi connectivity index (χ1) is 11.7. The molecule has 2 atom stereocenters. The summed E-state index contributed by atoms with van der Waals surface area (Å²) in [5, 5.41) is 0. The van der Waals surface area contributed by atoms with Crippen molar-refractivity contribution < 1.29 is 0 Å². The lowest BCUT2D eigenvalue weighted by Gasteiger charge is -2.23. The first-order valence-electron chi connectivity index (χ1n) is 10.8. The molecule has 0 saturated carbocycles. The van der Waals surface area contributed by atoms with Gasteiger partial charge in [0, 0.05) is 0 Å². The van der Waals surface area contributed by atoms with E-state index >= 15 is 0 Å². The average Bonchev–Trinajstić information content (AvgIpc) is 2.62. The summed E-state index contributed by atoms with van der Waals surface area (Å²) in [4.78, 5) is 0. The number of unbranched alkanes of at least 4 members (excludes halogenated alkanes) is 4. The molecule has 140 valence electrons. The van der Waals surface area contributed by atoms with Gasteiger partial charge in [0.25, 0.3) is 0 Å². The molecular weight excluding hydrogens is 288 g/mol. The summed E-state index contributed by atoms with van der Waals surface area (Å²) >= 11 is 0. The number of aryl methyl sites for hydroxylation is 1. The average molecular weight is 333 g/mol. The first-order valence-corrected chi connectivity index (χ1v) is 10.8. The Hall–Kier alpha value is -0.780. The van der Waals surface area contributed by atoms with E-state index in [0.717, 1.165) is 11.8 Å². The molecule has 0 bridgehead atoms. The predicted octanol–water partition coefficient (Wildman–Crippen LogP) is 8.68. The fraction of sp³-hybridized carbons (Fsp3) is 0.750. The van der Waals surface area contributed by atoms with Gasteiger partial charge >= 0.3 is 0 Å². The van der Waals surface area contributed by atoms with Gasteiger partial charge in [-0.05, 0) is 37.2 Å². The van der Waals surface area contributed by atoms with Gasteiger partial charge in [-0.3, -0.25) is 0 Å². The van der Waals surface area contributed by atoms with E-state index in [-0.39, 0.29) is 0 Å². The second-order valence-corrected chi connectivity index (χ2v) is 7.11. The lowest BCUT2D eigenvalue weighted by atomic mass is 9.82. The number of hydrogen-bond donors (Lipinski definition) is 0. The van der Waals surface area contributed by atoms with Crippen LogP contribution in [0.1, 0.15) is 116 Å². The van der Waals surface area contributed by atoms with Crippen LogP contribution in [-0.2, 0) is 0 Å². The van der Waals surface area contributed by atoms with Crippen molar-refractivity contribution >= 4 is 0 Å². The van der Waals surface area contributed by atoms with E-state index in [4.69, 9.17) is 0 Å². The third-order valence-corrected chi connectivity index (χ3v) is 5.12. The van der Waals surface area contributed by atoms with Crippen molar-refractivity contribution in [3.63, 3.8) is 0 Å². The van der Waals surface area contributed by atoms with Crippen molar-refractivity contribution in [3.05, 3.63) is 35.4 Å². The summed E-state index contributed by atoms with van der Waals surface area (Å²) in [7, 11) is 0. The highest BCUT2D eigenvalue weighted by atomic mass is 14.2. The lowest BCUT2D eigenvalue weighted by molar-refractivity contribution is 0.367. The normalized spacial score (nSPS) is 13.1. The predicted molar refractivity (Wildman–Crippen MR) is 112 cm³/mol. The highest BCUT2D eigenvalue weighted by Crippen LogP contribution is 2.32. The topological polar surface area (TPSA) is 0 Å². The fourth-order valence-corrected chi connectivity index (χ4v) is 3.47. The zero-order valence-corrected chi connectivity index (χ0v) is 17.5. The highest BCUT2D eigenvalue weighted by Gasteiger charge is 2.17. The Bertz CT molecular complexity index is 362. The van der Waals surface area contributed by atoms with E-state index in [2.05, 4.69) is 52.0 Å². The van der Waals surface area contributed by atoms with E-state index in [0.29, 0.717) is 0 Å². The number of benzene rings is 1. The minimum atomic E-state index is 0.777. The summed E-state index contributed by atoms with van der Waals surface area (Å²) in [6.07, 6.45) is 13.8. The molecule has 0 heterocycles. The van der Waals surface area contributed by atoms with Crippen molar-refractivity contribution in [2.45, 2.75) is 112 Å². The molecule has 0 aliphatic rings. The van der Waals surface area contributed by atoms with Crippen molar-refractivity contribution in [3.8, 4) is 0 Å². The smallest absolute Gasteiger partial charge is 0.0159 e. The Labute approximate surface area is 153 Å². The molecule has 2 unspecified atom stereocenters. The van der Waals surface area contributed by atoms with E-state index < -0.39 is 0 Å². The third kappa shape index (κ3) is 10.2. The molecule has 0 radical (unpaired) electrons. The molecule has 0 heteroatoms. The molecule has 0 aliphatic carbocycles. The standard InChI is InChI=1S/C22H38.C2H6/c1-5-8-10-12-20(7-3)18-22(13-11-9-6-2)21-16-14-19(4)15-17-21;1-2/h14-17,20,22H,5-13,18H2,1-4H3;1-2H3. The third-order valence-electron chi connectivity index (χ3n) is 5.12. The minimum Gasteiger partial charge on any atom is -0.0683 e. The summed E-state index contributed by atoms with van der Waals surface area (Å²) < 4.78 is 0. The van der Waals surface area contributed by atoms with Gasteiger partial charge in [0.15, 0.2) is 0 Å². The lowest BCUT2D eigenvalue weighted by Crippen LogP contribution is -2.08. The molecule has 0 saturated heterocycles. The summed E-state index contributed by atoms with van der Waals surface area (Å²) in [5.41, 5.74) is 2.96. The van der Waals surface area contributed by atoms with Crippen molar-refractivity contribution in [1.29, 1.82) is 0 Å². The molecule has 1 aromatic carbocycles. The first kappa shape index (κ1) is 23.2. The van der Waals surface area contributed by atoms with Gasteiger partial charge in [-0.25, -0.2) is 0 Å². The van der Waals surface area contributed by atoms with Gasteiger partial charge in [-0.15, -0.1) is 0 Å². The maximum absolute atomic E-state index is 2.38.